The molecule has 100 valence electrons. The van der Waals surface area contributed by atoms with Gasteiger partial charge in [0, 0.05) is 0 Å². The highest BCUT2D eigenvalue weighted by atomic mass is 16.3. The van der Waals surface area contributed by atoms with E-state index in [9.17, 15) is 4.79 Å². The van der Waals surface area contributed by atoms with E-state index in [0.29, 0.717) is 6.54 Å². The maximum absolute atomic E-state index is 11.9. The monoisotopic (exact) mass is 258 g/mol. The number of aryl methyl sites for hydroxylation is 2. The lowest BCUT2D eigenvalue weighted by atomic mass is 10.1. The Morgan fingerprint density at radius 2 is 1.89 bits per heavy atom. The van der Waals surface area contributed by atoms with E-state index in [4.69, 9.17) is 10.2 Å². The Morgan fingerprint density at radius 1 is 1.21 bits per heavy atom. The lowest BCUT2D eigenvalue weighted by molar-refractivity contribution is -0.122. The normalized spacial score (nSPS) is 12.2. The van der Waals surface area contributed by atoms with Crippen molar-refractivity contribution in [1.82, 2.24) is 5.32 Å². The Labute approximate surface area is 112 Å². The van der Waals surface area contributed by atoms with Gasteiger partial charge in [-0.05, 0) is 31.5 Å². The summed E-state index contributed by atoms with van der Waals surface area (Å²) in [7, 11) is 0. The van der Waals surface area contributed by atoms with Crippen molar-refractivity contribution < 1.29 is 9.21 Å². The highest BCUT2D eigenvalue weighted by molar-refractivity contribution is 5.82. The van der Waals surface area contributed by atoms with Crippen LogP contribution in [0.4, 0.5) is 0 Å². The van der Waals surface area contributed by atoms with Gasteiger partial charge in [0.1, 0.15) is 17.6 Å². The van der Waals surface area contributed by atoms with Crippen molar-refractivity contribution in [2.24, 2.45) is 5.73 Å². The van der Waals surface area contributed by atoms with E-state index in [1.165, 1.54) is 0 Å². The number of hydrogen-bond acceptors (Lipinski definition) is 3. The van der Waals surface area contributed by atoms with Gasteiger partial charge in [-0.2, -0.15) is 0 Å². The Balaban J connectivity index is 1.94. The number of carbonyl (C=O) groups excluding carboxylic acids is 1. The summed E-state index contributed by atoms with van der Waals surface area (Å²) in [5.74, 6) is 1.34. The predicted octanol–water partition coefficient (Wildman–Crippen LogP) is 2.21. The fourth-order valence-corrected chi connectivity index (χ4v) is 1.79. The highest BCUT2D eigenvalue weighted by Crippen LogP contribution is 2.12. The fourth-order valence-electron chi connectivity index (χ4n) is 1.79. The number of carbonyl (C=O) groups is 1. The predicted molar refractivity (Wildman–Crippen MR) is 73.4 cm³/mol. The molecule has 1 aromatic heterocycles. The molecule has 1 aromatic carbocycles. The average molecular weight is 258 g/mol. The van der Waals surface area contributed by atoms with Crippen LogP contribution in [0, 0.1) is 13.8 Å². The van der Waals surface area contributed by atoms with E-state index in [1.807, 2.05) is 50.2 Å². The lowest BCUT2D eigenvalue weighted by Crippen LogP contribution is -2.33. The van der Waals surface area contributed by atoms with Gasteiger partial charge >= 0.3 is 0 Å². The van der Waals surface area contributed by atoms with Gasteiger partial charge in [-0.15, -0.1) is 0 Å². The number of benzene rings is 1. The zero-order chi connectivity index (χ0) is 13.8. The van der Waals surface area contributed by atoms with Gasteiger partial charge in [-0.1, -0.05) is 29.8 Å². The molecule has 3 N–H and O–H groups in total. The Kier molecular flexibility index (Phi) is 4.02. The molecular weight excluding hydrogens is 240 g/mol. The highest BCUT2D eigenvalue weighted by Gasteiger charge is 2.15. The van der Waals surface area contributed by atoms with Crippen LogP contribution in [0.2, 0.25) is 0 Å². The molecule has 4 heteroatoms. The van der Waals surface area contributed by atoms with Crippen molar-refractivity contribution in [3.8, 4) is 0 Å². The summed E-state index contributed by atoms with van der Waals surface area (Å²) >= 11 is 0. The number of furan rings is 1. The molecule has 0 aliphatic heterocycles. The smallest absolute Gasteiger partial charge is 0.241 e. The van der Waals surface area contributed by atoms with Gasteiger partial charge in [0.25, 0.3) is 0 Å². The number of rotatable bonds is 4. The van der Waals surface area contributed by atoms with Crippen LogP contribution in [0.3, 0.4) is 0 Å². The minimum atomic E-state index is -0.656. The largest absolute Gasteiger partial charge is 0.465 e. The van der Waals surface area contributed by atoms with Crippen LogP contribution >= 0.6 is 0 Å². The summed E-state index contributed by atoms with van der Waals surface area (Å²) in [6.45, 7) is 4.21. The first-order valence-corrected chi connectivity index (χ1v) is 6.21. The summed E-state index contributed by atoms with van der Waals surface area (Å²) in [5.41, 5.74) is 7.86. The number of nitrogens with two attached hydrogens (primary N) is 1. The third kappa shape index (κ3) is 3.45. The van der Waals surface area contributed by atoms with Crippen molar-refractivity contribution >= 4 is 5.91 Å². The van der Waals surface area contributed by atoms with Crippen molar-refractivity contribution in [2.75, 3.05) is 0 Å². The third-order valence-corrected chi connectivity index (χ3v) is 2.95. The van der Waals surface area contributed by atoms with Gasteiger partial charge < -0.3 is 15.5 Å². The van der Waals surface area contributed by atoms with E-state index in [2.05, 4.69) is 5.32 Å². The second-order valence-corrected chi connectivity index (χ2v) is 4.62. The Morgan fingerprint density at radius 3 is 2.47 bits per heavy atom. The van der Waals surface area contributed by atoms with Crippen molar-refractivity contribution in [2.45, 2.75) is 26.4 Å². The van der Waals surface area contributed by atoms with E-state index >= 15 is 0 Å². The quantitative estimate of drug-likeness (QED) is 0.883. The van der Waals surface area contributed by atoms with Crippen LogP contribution in [0.25, 0.3) is 0 Å². The SMILES string of the molecule is Cc1ccc(C(N)C(=O)NCc2ccc(C)o2)cc1. The molecular formula is C15H18N2O2. The van der Waals surface area contributed by atoms with E-state index in [1.54, 1.807) is 0 Å². The summed E-state index contributed by atoms with van der Waals surface area (Å²) in [5, 5.41) is 2.77. The molecule has 2 rings (SSSR count). The number of nitrogens with one attached hydrogen (secondary N) is 1. The van der Waals surface area contributed by atoms with Crippen molar-refractivity contribution in [3.05, 3.63) is 59.0 Å². The first-order valence-electron chi connectivity index (χ1n) is 6.21. The molecule has 0 bridgehead atoms. The molecule has 4 nitrogen and oxygen atoms in total. The molecule has 0 spiro atoms. The molecule has 0 aliphatic rings. The molecule has 1 heterocycles. The van der Waals surface area contributed by atoms with Gasteiger partial charge in [-0.3, -0.25) is 4.79 Å². The molecule has 0 saturated carbocycles. The second kappa shape index (κ2) is 5.71. The van der Waals surface area contributed by atoms with Crippen molar-refractivity contribution in [3.63, 3.8) is 0 Å². The van der Waals surface area contributed by atoms with Crippen LogP contribution in [0.15, 0.2) is 40.8 Å². The molecule has 19 heavy (non-hydrogen) atoms. The first kappa shape index (κ1) is 13.4. The average Bonchev–Trinajstić information content (AvgIpc) is 2.82. The van der Waals surface area contributed by atoms with Gasteiger partial charge in [0.15, 0.2) is 0 Å². The molecule has 0 aliphatic carbocycles. The molecule has 0 radical (unpaired) electrons. The fraction of sp³-hybridized carbons (Fsp3) is 0.267. The first-order chi connectivity index (χ1) is 9.06. The Bertz CT molecular complexity index is 558. The van der Waals surface area contributed by atoms with Crippen LogP contribution < -0.4 is 11.1 Å². The van der Waals surface area contributed by atoms with E-state index in [-0.39, 0.29) is 5.91 Å². The molecule has 1 unspecified atom stereocenters. The van der Waals surface area contributed by atoms with E-state index < -0.39 is 6.04 Å². The molecule has 0 fully saturated rings. The van der Waals surface area contributed by atoms with Crippen LogP contribution in [-0.4, -0.2) is 5.91 Å². The van der Waals surface area contributed by atoms with Gasteiger partial charge in [-0.25, -0.2) is 0 Å². The maximum atomic E-state index is 11.9. The number of hydrogen-bond donors (Lipinski definition) is 2. The summed E-state index contributed by atoms with van der Waals surface area (Å²) in [4.78, 5) is 11.9. The van der Waals surface area contributed by atoms with Crippen LogP contribution in [0.5, 0.6) is 0 Å². The second-order valence-electron chi connectivity index (χ2n) is 4.62. The minimum Gasteiger partial charge on any atom is -0.465 e. The van der Waals surface area contributed by atoms with Crippen LogP contribution in [0.1, 0.15) is 28.7 Å². The minimum absolute atomic E-state index is 0.210. The maximum Gasteiger partial charge on any atom is 0.241 e. The zero-order valence-electron chi connectivity index (χ0n) is 11.1. The standard InChI is InChI=1S/C15H18N2O2/c1-10-3-6-12(7-4-10)14(16)15(18)17-9-13-8-5-11(2)19-13/h3-8,14H,9,16H2,1-2H3,(H,17,18). The molecule has 1 amide bonds. The molecule has 0 saturated heterocycles. The van der Waals surface area contributed by atoms with E-state index in [0.717, 1.165) is 22.6 Å². The third-order valence-electron chi connectivity index (χ3n) is 2.95. The van der Waals surface area contributed by atoms with Gasteiger partial charge in [0.2, 0.25) is 5.91 Å². The van der Waals surface area contributed by atoms with Crippen molar-refractivity contribution in [1.29, 1.82) is 0 Å². The summed E-state index contributed by atoms with van der Waals surface area (Å²) < 4.78 is 5.38. The number of amides is 1. The van der Waals surface area contributed by atoms with Gasteiger partial charge in [0.05, 0.1) is 6.54 Å². The summed E-state index contributed by atoms with van der Waals surface area (Å²) in [6.07, 6.45) is 0. The topological polar surface area (TPSA) is 68.3 Å². The zero-order valence-corrected chi connectivity index (χ0v) is 11.1. The Hall–Kier alpha value is -2.07. The van der Waals surface area contributed by atoms with Crippen LogP contribution in [-0.2, 0) is 11.3 Å². The lowest BCUT2D eigenvalue weighted by Gasteiger charge is -2.12. The summed E-state index contributed by atoms with van der Waals surface area (Å²) in [6, 6.07) is 10.7. The molecule has 2 aromatic rings. The molecule has 1 atom stereocenters.